The second-order valence-electron chi connectivity index (χ2n) is 6.22. The van der Waals surface area contributed by atoms with Crippen molar-refractivity contribution in [3.8, 4) is 5.75 Å². The second-order valence-corrected chi connectivity index (χ2v) is 6.22. The van der Waals surface area contributed by atoms with Gasteiger partial charge in [0.05, 0.1) is 6.10 Å². The Kier molecular flexibility index (Phi) is 7.75. The molecule has 1 aliphatic heterocycles. The van der Waals surface area contributed by atoms with E-state index < -0.39 is 0 Å². The third-order valence-corrected chi connectivity index (χ3v) is 4.27. The van der Waals surface area contributed by atoms with Gasteiger partial charge in [-0.05, 0) is 55.2 Å². The van der Waals surface area contributed by atoms with Gasteiger partial charge in [-0.15, -0.1) is 12.4 Å². The Morgan fingerprint density at radius 1 is 1.19 bits per heavy atom. The lowest BCUT2D eigenvalue weighted by Gasteiger charge is -2.12. The molecule has 5 nitrogen and oxygen atoms in total. The molecule has 1 heterocycles. The molecule has 2 aromatic carbocycles. The van der Waals surface area contributed by atoms with Crippen LogP contribution in [0, 0.1) is 0 Å². The highest BCUT2D eigenvalue weighted by atomic mass is 35.5. The van der Waals surface area contributed by atoms with Crippen LogP contribution in [0.3, 0.4) is 0 Å². The number of hydrogen-bond acceptors (Lipinski definition) is 4. The summed E-state index contributed by atoms with van der Waals surface area (Å²) >= 11 is 0. The smallest absolute Gasteiger partial charge is 0.224 e. The van der Waals surface area contributed by atoms with Gasteiger partial charge in [0.25, 0.3) is 0 Å². The Morgan fingerprint density at radius 2 is 1.96 bits per heavy atom. The predicted octanol–water partition coefficient (Wildman–Crippen LogP) is 3.82. The molecule has 1 aliphatic rings. The van der Waals surface area contributed by atoms with Crippen molar-refractivity contribution >= 4 is 29.7 Å². The number of hydrogen-bond donors (Lipinski definition) is 2. The fraction of sp³-hybridized carbons (Fsp3) is 0.350. The molecule has 0 radical (unpaired) electrons. The number of ether oxygens (including phenoxy) is 2. The van der Waals surface area contributed by atoms with E-state index in [1.807, 2.05) is 48.5 Å². The summed E-state index contributed by atoms with van der Waals surface area (Å²) < 4.78 is 11.2. The minimum atomic E-state index is -0.0312. The molecular weight excluding hydrogens is 352 g/mol. The van der Waals surface area contributed by atoms with E-state index in [0.717, 1.165) is 42.1 Å². The Labute approximate surface area is 160 Å². The van der Waals surface area contributed by atoms with E-state index in [4.69, 9.17) is 15.2 Å². The zero-order valence-corrected chi connectivity index (χ0v) is 15.5. The Bertz CT molecular complexity index is 700. The van der Waals surface area contributed by atoms with Gasteiger partial charge in [-0.1, -0.05) is 18.2 Å². The number of nitrogen functional groups attached to an aromatic ring is 1. The van der Waals surface area contributed by atoms with E-state index in [1.54, 1.807) is 0 Å². The van der Waals surface area contributed by atoms with Crippen molar-refractivity contribution < 1.29 is 14.3 Å². The fourth-order valence-electron chi connectivity index (χ4n) is 2.83. The Balaban J connectivity index is 0.00000243. The van der Waals surface area contributed by atoms with E-state index in [1.165, 1.54) is 0 Å². The monoisotopic (exact) mass is 376 g/mol. The van der Waals surface area contributed by atoms with Crippen LogP contribution in [0.25, 0.3) is 0 Å². The molecule has 0 aliphatic carbocycles. The number of para-hydroxylation sites is 1. The van der Waals surface area contributed by atoms with E-state index in [0.29, 0.717) is 19.4 Å². The van der Waals surface area contributed by atoms with E-state index in [2.05, 4.69) is 5.32 Å². The van der Waals surface area contributed by atoms with Gasteiger partial charge in [-0.25, -0.2) is 0 Å². The van der Waals surface area contributed by atoms with Crippen LogP contribution < -0.4 is 15.8 Å². The molecular formula is C20H25ClN2O3. The number of nitrogens with two attached hydrogens (primary N) is 1. The SMILES string of the molecule is Cl.Nc1ccccc1CCC(=O)Nc1ccc(OCC2CCCO2)cc1. The first-order valence-corrected chi connectivity index (χ1v) is 8.68. The average Bonchev–Trinajstić information content (AvgIpc) is 3.14. The first kappa shape index (κ1) is 20.1. The van der Waals surface area contributed by atoms with Gasteiger partial charge in [0.15, 0.2) is 0 Å². The van der Waals surface area contributed by atoms with Crippen molar-refractivity contribution in [2.75, 3.05) is 24.3 Å². The van der Waals surface area contributed by atoms with E-state index in [-0.39, 0.29) is 24.4 Å². The molecule has 0 saturated carbocycles. The molecule has 1 fully saturated rings. The number of anilines is 2. The summed E-state index contributed by atoms with van der Waals surface area (Å²) in [5.74, 6) is 0.752. The Hall–Kier alpha value is -2.24. The summed E-state index contributed by atoms with van der Waals surface area (Å²) in [6.45, 7) is 1.40. The number of benzene rings is 2. The van der Waals surface area contributed by atoms with E-state index >= 15 is 0 Å². The molecule has 1 atom stereocenters. The molecule has 3 rings (SSSR count). The molecule has 1 amide bonds. The molecule has 2 aromatic rings. The maximum atomic E-state index is 12.1. The predicted molar refractivity (Wildman–Crippen MR) is 106 cm³/mol. The minimum Gasteiger partial charge on any atom is -0.491 e. The van der Waals surface area contributed by atoms with Crippen LogP contribution in [0.5, 0.6) is 5.75 Å². The van der Waals surface area contributed by atoms with Crippen molar-refractivity contribution in [2.45, 2.75) is 31.8 Å². The van der Waals surface area contributed by atoms with Gasteiger partial charge in [-0.3, -0.25) is 4.79 Å². The number of nitrogens with one attached hydrogen (secondary N) is 1. The number of carbonyl (C=O) groups excluding carboxylic acids is 1. The highest BCUT2D eigenvalue weighted by Gasteiger charge is 2.15. The minimum absolute atomic E-state index is 0. The van der Waals surface area contributed by atoms with Gasteiger partial charge < -0.3 is 20.5 Å². The lowest BCUT2D eigenvalue weighted by atomic mass is 10.1. The number of aryl methyl sites for hydroxylation is 1. The van der Waals surface area contributed by atoms with Crippen molar-refractivity contribution in [1.29, 1.82) is 0 Å². The third kappa shape index (κ3) is 5.93. The van der Waals surface area contributed by atoms with Crippen LogP contribution in [0.4, 0.5) is 11.4 Å². The summed E-state index contributed by atoms with van der Waals surface area (Å²) in [7, 11) is 0. The summed E-state index contributed by atoms with van der Waals surface area (Å²) in [4.78, 5) is 12.1. The first-order valence-electron chi connectivity index (χ1n) is 8.68. The molecule has 3 N–H and O–H groups in total. The van der Waals surface area contributed by atoms with E-state index in [9.17, 15) is 4.79 Å². The largest absolute Gasteiger partial charge is 0.491 e. The number of rotatable bonds is 7. The Morgan fingerprint density at radius 3 is 2.65 bits per heavy atom. The molecule has 0 aromatic heterocycles. The summed E-state index contributed by atoms with van der Waals surface area (Å²) in [5, 5.41) is 2.90. The van der Waals surface area contributed by atoms with Crippen molar-refractivity contribution in [3.05, 3.63) is 54.1 Å². The summed E-state index contributed by atoms with van der Waals surface area (Å²) in [5.41, 5.74) is 8.38. The van der Waals surface area contributed by atoms with Crippen LogP contribution in [-0.2, 0) is 16.0 Å². The second kappa shape index (κ2) is 10.0. The quantitative estimate of drug-likeness (QED) is 0.720. The number of carbonyl (C=O) groups is 1. The topological polar surface area (TPSA) is 73.6 Å². The maximum absolute atomic E-state index is 12.1. The average molecular weight is 377 g/mol. The standard InChI is InChI=1S/C20H24N2O3.ClH/c21-19-6-2-1-4-15(19)7-12-20(23)22-16-8-10-17(11-9-16)25-14-18-5-3-13-24-18;/h1-2,4,6,8-11,18H,3,5,7,12-14,21H2,(H,22,23);1H. The van der Waals surface area contributed by atoms with Gasteiger partial charge in [0, 0.05) is 24.4 Å². The number of amides is 1. The third-order valence-electron chi connectivity index (χ3n) is 4.27. The molecule has 0 spiro atoms. The fourth-order valence-corrected chi connectivity index (χ4v) is 2.83. The first-order chi connectivity index (χ1) is 12.2. The van der Waals surface area contributed by atoms with Crippen LogP contribution >= 0.6 is 12.4 Å². The molecule has 1 saturated heterocycles. The number of halogens is 1. The van der Waals surface area contributed by atoms with Crippen LogP contribution in [0.1, 0.15) is 24.8 Å². The van der Waals surface area contributed by atoms with Crippen LogP contribution in [-0.4, -0.2) is 25.2 Å². The normalized spacial score (nSPS) is 15.9. The highest BCUT2D eigenvalue weighted by Crippen LogP contribution is 2.19. The molecule has 140 valence electrons. The van der Waals surface area contributed by atoms with Gasteiger partial charge in [0.2, 0.25) is 5.91 Å². The van der Waals surface area contributed by atoms with Crippen LogP contribution in [0.15, 0.2) is 48.5 Å². The highest BCUT2D eigenvalue weighted by molar-refractivity contribution is 5.90. The molecule has 1 unspecified atom stereocenters. The van der Waals surface area contributed by atoms with Crippen molar-refractivity contribution in [3.63, 3.8) is 0 Å². The van der Waals surface area contributed by atoms with Gasteiger partial charge >= 0.3 is 0 Å². The summed E-state index contributed by atoms with van der Waals surface area (Å²) in [6, 6.07) is 15.0. The summed E-state index contributed by atoms with van der Waals surface area (Å²) in [6.07, 6.45) is 3.38. The molecule has 0 bridgehead atoms. The van der Waals surface area contributed by atoms with Crippen molar-refractivity contribution in [2.24, 2.45) is 0 Å². The lowest BCUT2D eigenvalue weighted by Crippen LogP contribution is -2.16. The van der Waals surface area contributed by atoms with Gasteiger partial charge in [-0.2, -0.15) is 0 Å². The van der Waals surface area contributed by atoms with Crippen LogP contribution in [0.2, 0.25) is 0 Å². The zero-order valence-electron chi connectivity index (χ0n) is 14.6. The lowest BCUT2D eigenvalue weighted by molar-refractivity contribution is -0.116. The maximum Gasteiger partial charge on any atom is 0.224 e. The molecule has 26 heavy (non-hydrogen) atoms. The molecule has 6 heteroatoms. The van der Waals surface area contributed by atoms with Gasteiger partial charge in [0.1, 0.15) is 12.4 Å². The van der Waals surface area contributed by atoms with Crippen molar-refractivity contribution in [1.82, 2.24) is 0 Å². The zero-order chi connectivity index (χ0) is 17.5.